The van der Waals surface area contributed by atoms with E-state index in [0.717, 1.165) is 28.9 Å². The molecule has 2 aromatic rings. The minimum Gasteiger partial charge on any atom is -0.497 e. The van der Waals surface area contributed by atoms with E-state index in [-0.39, 0.29) is 6.04 Å². The number of ether oxygens (including phenoxy) is 2. The van der Waals surface area contributed by atoms with Crippen LogP contribution in [0, 0.1) is 0 Å². The lowest BCUT2D eigenvalue weighted by Crippen LogP contribution is -2.29. The largest absolute Gasteiger partial charge is 0.497 e. The number of methoxy groups -OCH3 is 2. The van der Waals surface area contributed by atoms with Crippen molar-refractivity contribution in [2.24, 2.45) is 0 Å². The van der Waals surface area contributed by atoms with Gasteiger partial charge in [0.25, 0.3) is 0 Å². The van der Waals surface area contributed by atoms with Gasteiger partial charge in [0.15, 0.2) is 5.82 Å². The molecule has 1 aliphatic rings. The Morgan fingerprint density at radius 3 is 3.10 bits per heavy atom. The third kappa shape index (κ3) is 2.98. The van der Waals surface area contributed by atoms with Crippen molar-refractivity contribution in [3.05, 3.63) is 35.7 Å². The summed E-state index contributed by atoms with van der Waals surface area (Å²) in [6.45, 7) is 0.633. The second kappa shape index (κ2) is 6.36. The van der Waals surface area contributed by atoms with Crippen LogP contribution in [0.3, 0.4) is 0 Å². The quantitative estimate of drug-likeness (QED) is 0.910. The van der Waals surface area contributed by atoms with E-state index in [1.807, 2.05) is 16.8 Å². The zero-order valence-corrected chi connectivity index (χ0v) is 12.9. The Hall–Kier alpha value is -1.73. The van der Waals surface area contributed by atoms with Gasteiger partial charge in [0.05, 0.1) is 19.8 Å². The highest BCUT2D eigenvalue weighted by Gasteiger charge is 2.24. The summed E-state index contributed by atoms with van der Waals surface area (Å²) < 4.78 is 12.4. The van der Waals surface area contributed by atoms with Gasteiger partial charge in [-0.25, -0.2) is 4.68 Å². The van der Waals surface area contributed by atoms with E-state index in [1.165, 1.54) is 5.56 Å². The van der Waals surface area contributed by atoms with Gasteiger partial charge in [-0.05, 0) is 17.7 Å². The summed E-state index contributed by atoms with van der Waals surface area (Å²) in [5.74, 6) is 2.68. The number of hydrogen-bond donors (Lipinski definition) is 1. The summed E-state index contributed by atoms with van der Waals surface area (Å²) in [5, 5.41) is 9.33. The van der Waals surface area contributed by atoms with Gasteiger partial charge in [0.1, 0.15) is 5.75 Å². The minimum atomic E-state index is 0.204. The molecule has 7 heteroatoms. The SMILES string of the molecule is COCCc1nnc2n1NC(c1cccc(OC)c1)CS2. The van der Waals surface area contributed by atoms with Gasteiger partial charge < -0.3 is 14.9 Å². The van der Waals surface area contributed by atoms with Gasteiger partial charge in [0, 0.05) is 19.3 Å². The zero-order valence-electron chi connectivity index (χ0n) is 12.1. The Labute approximate surface area is 127 Å². The first-order valence-electron chi connectivity index (χ1n) is 6.78. The van der Waals surface area contributed by atoms with Gasteiger partial charge >= 0.3 is 0 Å². The molecule has 0 fully saturated rings. The highest BCUT2D eigenvalue weighted by atomic mass is 32.2. The van der Waals surface area contributed by atoms with Crippen molar-refractivity contribution in [1.82, 2.24) is 14.9 Å². The van der Waals surface area contributed by atoms with Crippen LogP contribution in [-0.2, 0) is 11.2 Å². The van der Waals surface area contributed by atoms with Crippen molar-refractivity contribution in [3.8, 4) is 5.75 Å². The summed E-state index contributed by atoms with van der Waals surface area (Å²) in [6, 6.07) is 8.32. The molecule has 0 saturated heterocycles. The Kier molecular flexibility index (Phi) is 4.31. The van der Waals surface area contributed by atoms with Crippen LogP contribution in [0.5, 0.6) is 5.75 Å². The van der Waals surface area contributed by atoms with Crippen LogP contribution in [0.15, 0.2) is 29.4 Å². The number of aromatic nitrogens is 3. The average molecular weight is 306 g/mol. The third-order valence-electron chi connectivity index (χ3n) is 3.39. The normalized spacial score (nSPS) is 17.1. The van der Waals surface area contributed by atoms with Crippen molar-refractivity contribution in [3.63, 3.8) is 0 Å². The molecular weight excluding hydrogens is 288 g/mol. The topological polar surface area (TPSA) is 61.2 Å². The number of nitrogens with one attached hydrogen (secondary N) is 1. The summed E-state index contributed by atoms with van der Waals surface area (Å²) in [5.41, 5.74) is 4.68. The fourth-order valence-corrected chi connectivity index (χ4v) is 3.23. The van der Waals surface area contributed by atoms with Gasteiger partial charge in [-0.3, -0.25) is 0 Å². The monoisotopic (exact) mass is 306 g/mol. The van der Waals surface area contributed by atoms with Gasteiger partial charge in [-0.2, -0.15) is 0 Å². The standard InChI is InChI=1S/C14H18N4O2S/c1-19-7-6-13-15-16-14-18(13)17-12(9-21-14)10-4-3-5-11(8-10)20-2/h3-5,8,12,17H,6-7,9H2,1-2H3. The van der Waals surface area contributed by atoms with E-state index in [2.05, 4.69) is 27.8 Å². The van der Waals surface area contributed by atoms with Crippen molar-refractivity contribution < 1.29 is 9.47 Å². The lowest BCUT2D eigenvalue weighted by Gasteiger charge is -2.26. The second-order valence-electron chi connectivity index (χ2n) is 4.75. The van der Waals surface area contributed by atoms with E-state index in [4.69, 9.17) is 9.47 Å². The molecule has 6 nitrogen and oxygen atoms in total. The number of nitrogens with zero attached hydrogens (tertiary/aromatic N) is 3. The molecule has 0 aliphatic carbocycles. The first kappa shape index (κ1) is 14.2. The van der Waals surface area contributed by atoms with Crippen molar-refractivity contribution in [1.29, 1.82) is 0 Å². The highest BCUT2D eigenvalue weighted by molar-refractivity contribution is 7.99. The smallest absolute Gasteiger partial charge is 0.210 e. The average Bonchev–Trinajstić information content (AvgIpc) is 2.95. The van der Waals surface area contributed by atoms with Crippen LogP contribution in [0.4, 0.5) is 0 Å². The molecule has 1 unspecified atom stereocenters. The molecular formula is C14H18N4O2S. The van der Waals surface area contributed by atoms with Gasteiger partial charge in [-0.1, -0.05) is 23.9 Å². The van der Waals surface area contributed by atoms with Crippen LogP contribution in [0.1, 0.15) is 17.4 Å². The van der Waals surface area contributed by atoms with E-state index in [1.54, 1.807) is 26.0 Å². The van der Waals surface area contributed by atoms with Crippen molar-refractivity contribution >= 4 is 11.8 Å². The molecule has 1 atom stereocenters. The zero-order chi connectivity index (χ0) is 14.7. The molecule has 0 amide bonds. The molecule has 1 aromatic carbocycles. The number of fused-ring (bicyclic) bond motifs is 1. The molecule has 112 valence electrons. The maximum Gasteiger partial charge on any atom is 0.210 e. The van der Waals surface area contributed by atoms with Crippen molar-refractivity contribution in [2.45, 2.75) is 17.6 Å². The van der Waals surface area contributed by atoms with Gasteiger partial charge in [-0.15, -0.1) is 10.2 Å². The summed E-state index contributed by atoms with van der Waals surface area (Å²) in [4.78, 5) is 0. The molecule has 0 bridgehead atoms. The summed E-state index contributed by atoms with van der Waals surface area (Å²) in [6.07, 6.45) is 0.738. The Balaban J connectivity index is 1.81. The fraction of sp³-hybridized carbons (Fsp3) is 0.429. The maximum absolute atomic E-state index is 5.29. The molecule has 3 rings (SSSR count). The third-order valence-corrected chi connectivity index (χ3v) is 4.41. The Morgan fingerprint density at radius 1 is 1.38 bits per heavy atom. The molecule has 0 saturated carbocycles. The van der Waals surface area contributed by atoms with E-state index in [0.29, 0.717) is 6.61 Å². The maximum atomic E-state index is 5.29. The summed E-state index contributed by atoms with van der Waals surface area (Å²) in [7, 11) is 3.37. The van der Waals surface area contributed by atoms with Crippen LogP contribution in [-0.4, -0.2) is 41.5 Å². The molecule has 0 radical (unpaired) electrons. The number of hydrogen-bond acceptors (Lipinski definition) is 6. The first-order valence-corrected chi connectivity index (χ1v) is 7.77. The second-order valence-corrected chi connectivity index (χ2v) is 5.73. The molecule has 0 spiro atoms. The van der Waals surface area contributed by atoms with Crippen LogP contribution < -0.4 is 10.2 Å². The Bertz CT molecular complexity index is 617. The number of thioether (sulfide) groups is 1. The number of rotatable bonds is 5. The lowest BCUT2D eigenvalue weighted by atomic mass is 10.1. The van der Waals surface area contributed by atoms with Crippen LogP contribution in [0.25, 0.3) is 0 Å². The van der Waals surface area contributed by atoms with E-state index in [9.17, 15) is 0 Å². The summed E-state index contributed by atoms with van der Waals surface area (Å²) >= 11 is 1.70. The molecule has 1 aromatic heterocycles. The predicted molar refractivity (Wildman–Crippen MR) is 81.4 cm³/mol. The number of benzene rings is 1. The first-order chi connectivity index (χ1) is 10.3. The molecule has 21 heavy (non-hydrogen) atoms. The predicted octanol–water partition coefficient (Wildman–Crippen LogP) is 1.87. The lowest BCUT2D eigenvalue weighted by molar-refractivity contribution is 0.199. The molecule has 1 aliphatic heterocycles. The highest BCUT2D eigenvalue weighted by Crippen LogP contribution is 2.31. The van der Waals surface area contributed by atoms with E-state index >= 15 is 0 Å². The van der Waals surface area contributed by atoms with Crippen LogP contribution >= 0.6 is 11.8 Å². The molecule has 2 heterocycles. The molecule has 1 N–H and O–H groups in total. The fourth-order valence-electron chi connectivity index (χ4n) is 2.26. The van der Waals surface area contributed by atoms with E-state index < -0.39 is 0 Å². The minimum absolute atomic E-state index is 0.204. The van der Waals surface area contributed by atoms with Crippen molar-refractivity contribution in [2.75, 3.05) is 32.0 Å². The van der Waals surface area contributed by atoms with Crippen LogP contribution in [0.2, 0.25) is 0 Å². The Morgan fingerprint density at radius 2 is 2.29 bits per heavy atom. The van der Waals surface area contributed by atoms with Gasteiger partial charge in [0.2, 0.25) is 5.16 Å².